The van der Waals surface area contributed by atoms with E-state index in [-0.39, 0.29) is 11.7 Å². The zero-order chi connectivity index (χ0) is 9.26. The van der Waals surface area contributed by atoms with E-state index in [0.717, 1.165) is 5.76 Å². The Bertz CT molecular complexity index is 311. The molecule has 3 heteroatoms. The molecule has 0 saturated heterocycles. The van der Waals surface area contributed by atoms with Crippen molar-refractivity contribution in [2.45, 2.75) is 25.2 Å². The van der Waals surface area contributed by atoms with Crippen LogP contribution in [0.25, 0.3) is 0 Å². The van der Waals surface area contributed by atoms with Gasteiger partial charge in [-0.15, -0.1) is 0 Å². The molecule has 0 amide bonds. The van der Waals surface area contributed by atoms with Crippen LogP contribution in [-0.2, 0) is 4.79 Å². The van der Waals surface area contributed by atoms with Crippen molar-refractivity contribution >= 4 is 11.5 Å². The first-order valence-corrected chi connectivity index (χ1v) is 4.37. The van der Waals surface area contributed by atoms with Gasteiger partial charge < -0.3 is 9.83 Å². The minimum Gasteiger partial charge on any atom is -0.469 e. The third kappa shape index (κ3) is 1.69. The number of hydrogen-bond donors (Lipinski definition) is 1. The highest BCUT2D eigenvalue weighted by atomic mass is 16.3. The zero-order valence-corrected chi connectivity index (χ0v) is 7.25. The predicted octanol–water partition coefficient (Wildman–Crippen LogP) is 2.14. The van der Waals surface area contributed by atoms with Gasteiger partial charge in [-0.05, 0) is 18.6 Å². The summed E-state index contributed by atoms with van der Waals surface area (Å²) < 4.78 is 5.22. The van der Waals surface area contributed by atoms with Crippen molar-refractivity contribution in [3.05, 3.63) is 24.2 Å². The lowest BCUT2D eigenvalue weighted by atomic mass is 9.85. The minimum absolute atomic E-state index is 0.101. The third-order valence-electron chi connectivity index (χ3n) is 2.32. The van der Waals surface area contributed by atoms with Gasteiger partial charge >= 0.3 is 0 Å². The molecule has 0 spiro atoms. The minimum atomic E-state index is 0.101. The third-order valence-corrected chi connectivity index (χ3v) is 2.32. The molecule has 3 nitrogen and oxygen atoms in total. The van der Waals surface area contributed by atoms with Gasteiger partial charge in [-0.2, -0.15) is 0 Å². The molecule has 1 N–H and O–H groups in total. The summed E-state index contributed by atoms with van der Waals surface area (Å²) >= 11 is 0. The molecular weight excluding hydrogens is 166 g/mol. The molecule has 1 fully saturated rings. The number of furan rings is 1. The molecule has 0 aromatic carbocycles. The lowest BCUT2D eigenvalue weighted by Crippen LogP contribution is -2.20. The van der Waals surface area contributed by atoms with Crippen LogP contribution >= 0.6 is 0 Å². The Morgan fingerprint density at radius 3 is 2.92 bits per heavy atom. The Hall–Kier alpha value is -1.38. The van der Waals surface area contributed by atoms with Crippen LogP contribution in [0.4, 0.5) is 0 Å². The van der Waals surface area contributed by atoms with Crippen LogP contribution in [0.2, 0.25) is 0 Å². The van der Waals surface area contributed by atoms with E-state index in [4.69, 9.17) is 9.83 Å². The molecule has 68 valence electrons. The Morgan fingerprint density at radius 2 is 2.31 bits per heavy atom. The number of ketones is 1. The topological polar surface area (TPSA) is 54.1 Å². The fraction of sp³-hybridized carbons (Fsp3) is 0.400. The van der Waals surface area contributed by atoms with E-state index >= 15 is 0 Å². The number of hydrogen-bond acceptors (Lipinski definition) is 3. The van der Waals surface area contributed by atoms with Crippen molar-refractivity contribution in [1.82, 2.24) is 0 Å². The molecule has 1 aromatic rings. The van der Waals surface area contributed by atoms with E-state index < -0.39 is 0 Å². The number of rotatable bonds is 1. The van der Waals surface area contributed by atoms with E-state index in [2.05, 4.69) is 0 Å². The second kappa shape index (κ2) is 3.17. The number of nitrogens with one attached hydrogen (secondary N) is 1. The van der Waals surface area contributed by atoms with Crippen molar-refractivity contribution < 1.29 is 9.21 Å². The molecule has 1 aromatic heterocycles. The molecule has 1 saturated carbocycles. The maximum atomic E-state index is 11.2. The summed E-state index contributed by atoms with van der Waals surface area (Å²) in [5.41, 5.74) is 0.526. The maximum absolute atomic E-state index is 11.2. The van der Waals surface area contributed by atoms with E-state index in [1.54, 1.807) is 6.26 Å². The first-order chi connectivity index (χ1) is 6.25. The SMILES string of the molecule is N=C1CC(=O)CC(c2ccco2)C1. The fourth-order valence-electron chi connectivity index (χ4n) is 1.75. The average Bonchev–Trinajstić information content (AvgIpc) is 2.53. The van der Waals surface area contributed by atoms with Crippen LogP contribution in [0.1, 0.15) is 30.9 Å². The molecule has 13 heavy (non-hydrogen) atoms. The van der Waals surface area contributed by atoms with E-state index in [1.807, 2.05) is 12.1 Å². The van der Waals surface area contributed by atoms with Gasteiger partial charge in [0.25, 0.3) is 0 Å². The highest BCUT2D eigenvalue weighted by Gasteiger charge is 2.25. The van der Waals surface area contributed by atoms with Gasteiger partial charge in [0.2, 0.25) is 0 Å². The molecule has 1 aliphatic carbocycles. The Balaban J connectivity index is 2.16. The molecule has 2 rings (SSSR count). The van der Waals surface area contributed by atoms with Crippen LogP contribution in [0.15, 0.2) is 22.8 Å². The summed E-state index contributed by atoms with van der Waals surface area (Å²) in [4.78, 5) is 11.2. The Morgan fingerprint density at radius 1 is 1.46 bits per heavy atom. The van der Waals surface area contributed by atoms with Crippen molar-refractivity contribution in [3.8, 4) is 0 Å². The van der Waals surface area contributed by atoms with Gasteiger partial charge in [-0.1, -0.05) is 0 Å². The van der Waals surface area contributed by atoms with E-state index in [0.29, 0.717) is 25.0 Å². The number of carbonyl (C=O) groups excluding carboxylic acids is 1. The van der Waals surface area contributed by atoms with Gasteiger partial charge in [0.05, 0.1) is 6.26 Å². The van der Waals surface area contributed by atoms with Crippen molar-refractivity contribution in [1.29, 1.82) is 5.41 Å². The first-order valence-electron chi connectivity index (χ1n) is 4.37. The number of Topliss-reactive ketones (excluding diaryl/α,β-unsaturated/α-hetero) is 1. The smallest absolute Gasteiger partial charge is 0.139 e. The monoisotopic (exact) mass is 177 g/mol. The molecule has 0 bridgehead atoms. The van der Waals surface area contributed by atoms with Gasteiger partial charge in [-0.3, -0.25) is 4.79 Å². The molecule has 0 aliphatic heterocycles. The van der Waals surface area contributed by atoms with Gasteiger partial charge in [0.1, 0.15) is 11.5 Å². The highest BCUT2D eigenvalue weighted by Crippen LogP contribution is 2.29. The lowest BCUT2D eigenvalue weighted by molar-refractivity contribution is -0.118. The number of carbonyl (C=O) groups is 1. The largest absolute Gasteiger partial charge is 0.469 e. The second-order valence-electron chi connectivity index (χ2n) is 3.44. The Labute approximate surface area is 76.3 Å². The van der Waals surface area contributed by atoms with Crippen molar-refractivity contribution in [3.63, 3.8) is 0 Å². The molecule has 1 unspecified atom stereocenters. The zero-order valence-electron chi connectivity index (χ0n) is 7.25. The molecular formula is C10H11NO2. The summed E-state index contributed by atoms with van der Waals surface area (Å²) in [7, 11) is 0. The second-order valence-corrected chi connectivity index (χ2v) is 3.44. The van der Waals surface area contributed by atoms with Crippen LogP contribution in [0.3, 0.4) is 0 Å². The maximum Gasteiger partial charge on any atom is 0.139 e. The average molecular weight is 177 g/mol. The normalized spacial score (nSPS) is 23.5. The summed E-state index contributed by atoms with van der Waals surface area (Å²) in [6, 6.07) is 3.69. The quantitative estimate of drug-likeness (QED) is 0.714. The van der Waals surface area contributed by atoms with Gasteiger partial charge in [-0.25, -0.2) is 0 Å². The summed E-state index contributed by atoms with van der Waals surface area (Å²) in [6.07, 6.45) is 3.13. The van der Waals surface area contributed by atoms with Crippen LogP contribution < -0.4 is 0 Å². The van der Waals surface area contributed by atoms with Crippen molar-refractivity contribution in [2.24, 2.45) is 0 Å². The first kappa shape index (κ1) is 8.23. The van der Waals surface area contributed by atoms with E-state index in [1.165, 1.54) is 0 Å². The summed E-state index contributed by atoms with van der Waals surface area (Å²) in [5, 5.41) is 7.49. The summed E-state index contributed by atoms with van der Waals surface area (Å²) in [5.74, 6) is 1.08. The van der Waals surface area contributed by atoms with Crippen LogP contribution in [-0.4, -0.2) is 11.5 Å². The molecule has 0 radical (unpaired) electrons. The molecule has 1 aliphatic rings. The standard InChI is InChI=1S/C10H11NO2/c11-8-4-7(5-9(12)6-8)10-2-1-3-13-10/h1-3,7,11H,4-6H2. The molecule has 1 atom stereocenters. The predicted molar refractivity (Wildman–Crippen MR) is 48.0 cm³/mol. The van der Waals surface area contributed by atoms with Crippen LogP contribution in [0, 0.1) is 5.41 Å². The van der Waals surface area contributed by atoms with Gasteiger partial charge in [0.15, 0.2) is 0 Å². The fourth-order valence-corrected chi connectivity index (χ4v) is 1.75. The van der Waals surface area contributed by atoms with Crippen molar-refractivity contribution in [2.75, 3.05) is 0 Å². The molecule has 1 heterocycles. The van der Waals surface area contributed by atoms with Gasteiger partial charge in [0, 0.05) is 24.5 Å². The van der Waals surface area contributed by atoms with Crippen LogP contribution in [0.5, 0.6) is 0 Å². The van der Waals surface area contributed by atoms with E-state index in [9.17, 15) is 4.79 Å². The Kier molecular flexibility index (Phi) is 2.00. The highest BCUT2D eigenvalue weighted by molar-refractivity contribution is 6.03. The lowest BCUT2D eigenvalue weighted by Gasteiger charge is -2.19. The summed E-state index contributed by atoms with van der Waals surface area (Å²) in [6.45, 7) is 0.